The van der Waals surface area contributed by atoms with Gasteiger partial charge in [-0.1, -0.05) is 0 Å². The number of nitrogens with zero attached hydrogens (tertiary/aromatic N) is 2. The zero-order chi connectivity index (χ0) is 11.5. The molecule has 1 unspecified atom stereocenters. The van der Waals surface area contributed by atoms with Gasteiger partial charge in [0.25, 0.3) is 0 Å². The van der Waals surface area contributed by atoms with Crippen molar-refractivity contribution in [1.82, 2.24) is 9.55 Å². The van der Waals surface area contributed by atoms with E-state index in [0.717, 1.165) is 25.2 Å². The topological polar surface area (TPSA) is 70.1 Å². The van der Waals surface area contributed by atoms with Crippen molar-refractivity contribution < 1.29 is 9.53 Å². The number of imidazole rings is 1. The highest BCUT2D eigenvalue weighted by Crippen LogP contribution is 2.20. The van der Waals surface area contributed by atoms with Gasteiger partial charge < -0.3 is 15.0 Å². The molecule has 1 atom stereocenters. The molecular formula is C11H17N3O2. The maximum absolute atomic E-state index is 11.7. The van der Waals surface area contributed by atoms with Crippen LogP contribution in [0.25, 0.3) is 0 Å². The number of ether oxygens (including phenoxy) is 1. The van der Waals surface area contributed by atoms with E-state index >= 15 is 0 Å². The van der Waals surface area contributed by atoms with Gasteiger partial charge in [-0.05, 0) is 25.8 Å². The molecule has 0 aliphatic carbocycles. The first-order chi connectivity index (χ1) is 7.76. The second kappa shape index (κ2) is 4.65. The van der Waals surface area contributed by atoms with Crippen molar-refractivity contribution in [3.63, 3.8) is 0 Å². The van der Waals surface area contributed by atoms with Crippen LogP contribution in [0.5, 0.6) is 0 Å². The van der Waals surface area contributed by atoms with Crippen molar-refractivity contribution >= 4 is 5.97 Å². The molecule has 2 rings (SSSR count). The Labute approximate surface area is 94.6 Å². The molecule has 0 bridgehead atoms. The van der Waals surface area contributed by atoms with Crippen LogP contribution in [0, 0.1) is 5.92 Å². The van der Waals surface area contributed by atoms with Gasteiger partial charge in [0.05, 0.1) is 12.8 Å². The highest BCUT2D eigenvalue weighted by molar-refractivity contribution is 5.87. The van der Waals surface area contributed by atoms with Gasteiger partial charge in [0, 0.05) is 13.0 Å². The Hall–Kier alpha value is -1.36. The summed E-state index contributed by atoms with van der Waals surface area (Å²) >= 11 is 0. The first kappa shape index (κ1) is 11.1. The van der Waals surface area contributed by atoms with Gasteiger partial charge in [-0.3, -0.25) is 0 Å². The third-order valence-corrected chi connectivity index (χ3v) is 2.97. The van der Waals surface area contributed by atoms with Crippen molar-refractivity contribution in [3.05, 3.63) is 17.7 Å². The number of nitrogens with two attached hydrogens (primary N) is 1. The number of aryl methyl sites for hydroxylation is 1. The summed E-state index contributed by atoms with van der Waals surface area (Å²) in [6, 6.07) is 0. The average molecular weight is 223 g/mol. The minimum atomic E-state index is -0.293. The third kappa shape index (κ3) is 1.95. The summed E-state index contributed by atoms with van der Waals surface area (Å²) in [6.45, 7) is 3.62. The Morgan fingerprint density at radius 3 is 3.25 bits per heavy atom. The average Bonchev–Trinajstić information content (AvgIpc) is 2.71. The molecule has 0 saturated carbocycles. The minimum absolute atomic E-state index is 0.293. The van der Waals surface area contributed by atoms with E-state index in [1.807, 2.05) is 4.57 Å². The highest BCUT2D eigenvalue weighted by Gasteiger charge is 2.24. The van der Waals surface area contributed by atoms with Gasteiger partial charge in [0.1, 0.15) is 11.5 Å². The van der Waals surface area contributed by atoms with Crippen molar-refractivity contribution in [2.24, 2.45) is 11.7 Å². The van der Waals surface area contributed by atoms with Gasteiger partial charge in [-0.2, -0.15) is 0 Å². The van der Waals surface area contributed by atoms with Gasteiger partial charge >= 0.3 is 5.97 Å². The van der Waals surface area contributed by atoms with E-state index in [1.54, 1.807) is 13.1 Å². The van der Waals surface area contributed by atoms with Crippen LogP contribution in [0.1, 0.15) is 29.7 Å². The number of aromatic nitrogens is 2. The molecule has 0 saturated heterocycles. The molecule has 0 amide bonds. The number of fused-ring (bicyclic) bond motifs is 1. The van der Waals surface area contributed by atoms with Gasteiger partial charge in [0.2, 0.25) is 0 Å². The second-order valence-corrected chi connectivity index (χ2v) is 4.03. The summed E-state index contributed by atoms with van der Waals surface area (Å²) < 4.78 is 6.93. The maximum atomic E-state index is 11.7. The van der Waals surface area contributed by atoms with Gasteiger partial charge in [-0.15, -0.1) is 0 Å². The Bertz CT molecular complexity index is 387. The van der Waals surface area contributed by atoms with Crippen LogP contribution in [0.3, 0.4) is 0 Å². The zero-order valence-electron chi connectivity index (χ0n) is 9.48. The Kier molecular flexibility index (Phi) is 3.24. The minimum Gasteiger partial charge on any atom is -0.461 e. The largest absolute Gasteiger partial charge is 0.461 e. The fourth-order valence-corrected chi connectivity index (χ4v) is 2.06. The van der Waals surface area contributed by atoms with Crippen molar-refractivity contribution in [1.29, 1.82) is 0 Å². The fraction of sp³-hybridized carbons (Fsp3) is 0.636. The van der Waals surface area contributed by atoms with Crippen molar-refractivity contribution in [3.8, 4) is 0 Å². The molecule has 1 aliphatic rings. The standard InChI is InChI=1S/C11H17N3O2/c1-2-16-11(15)9-6-13-10-4-3-8(5-12)7-14(9)10/h6,8H,2-5,7,12H2,1H3. The molecule has 16 heavy (non-hydrogen) atoms. The quantitative estimate of drug-likeness (QED) is 0.761. The number of hydrogen-bond acceptors (Lipinski definition) is 4. The maximum Gasteiger partial charge on any atom is 0.356 e. The highest BCUT2D eigenvalue weighted by atomic mass is 16.5. The summed E-state index contributed by atoms with van der Waals surface area (Å²) in [7, 11) is 0. The normalized spacial score (nSPS) is 19.2. The summed E-state index contributed by atoms with van der Waals surface area (Å²) in [5.41, 5.74) is 6.21. The number of rotatable bonds is 3. The smallest absolute Gasteiger partial charge is 0.356 e. The SMILES string of the molecule is CCOC(=O)c1cnc2n1CC(CN)CC2. The van der Waals surface area contributed by atoms with Crippen LogP contribution in [0.15, 0.2) is 6.20 Å². The van der Waals surface area contributed by atoms with Gasteiger partial charge in [0.15, 0.2) is 0 Å². The van der Waals surface area contributed by atoms with Crippen molar-refractivity contribution in [2.75, 3.05) is 13.2 Å². The fourth-order valence-electron chi connectivity index (χ4n) is 2.06. The van der Waals surface area contributed by atoms with E-state index in [9.17, 15) is 4.79 Å². The van der Waals surface area contributed by atoms with Gasteiger partial charge in [-0.25, -0.2) is 9.78 Å². The van der Waals surface area contributed by atoms with Crippen LogP contribution < -0.4 is 5.73 Å². The predicted octanol–water partition coefficient (Wildman–Crippen LogP) is 0.581. The van der Waals surface area contributed by atoms with Crippen LogP contribution in [0.4, 0.5) is 0 Å². The zero-order valence-corrected chi connectivity index (χ0v) is 9.48. The first-order valence-electron chi connectivity index (χ1n) is 5.67. The molecule has 5 nitrogen and oxygen atoms in total. The molecule has 1 aliphatic heterocycles. The molecule has 1 aromatic heterocycles. The third-order valence-electron chi connectivity index (χ3n) is 2.97. The van der Waals surface area contributed by atoms with E-state index in [-0.39, 0.29) is 5.97 Å². The van der Waals surface area contributed by atoms with E-state index in [4.69, 9.17) is 10.5 Å². The van der Waals surface area contributed by atoms with Crippen molar-refractivity contribution in [2.45, 2.75) is 26.3 Å². The van der Waals surface area contributed by atoms with Crippen LogP contribution in [0.2, 0.25) is 0 Å². The monoisotopic (exact) mass is 223 g/mol. The van der Waals surface area contributed by atoms with Crippen LogP contribution in [-0.2, 0) is 17.7 Å². The Morgan fingerprint density at radius 1 is 1.75 bits per heavy atom. The lowest BCUT2D eigenvalue weighted by Gasteiger charge is -2.23. The van der Waals surface area contributed by atoms with E-state index in [1.165, 1.54) is 0 Å². The lowest BCUT2D eigenvalue weighted by Crippen LogP contribution is -2.28. The summed E-state index contributed by atoms with van der Waals surface area (Å²) in [6.07, 6.45) is 3.54. The number of carbonyl (C=O) groups excluding carboxylic acids is 1. The number of carbonyl (C=O) groups is 1. The molecule has 2 N–H and O–H groups in total. The molecule has 0 spiro atoms. The van der Waals surface area contributed by atoms with E-state index in [2.05, 4.69) is 4.98 Å². The first-order valence-corrected chi connectivity index (χ1v) is 5.67. The molecule has 0 aromatic carbocycles. The predicted molar refractivity (Wildman–Crippen MR) is 59.0 cm³/mol. The summed E-state index contributed by atoms with van der Waals surface area (Å²) in [5, 5.41) is 0. The van der Waals surface area contributed by atoms with E-state index < -0.39 is 0 Å². The lowest BCUT2D eigenvalue weighted by molar-refractivity contribution is 0.0511. The summed E-state index contributed by atoms with van der Waals surface area (Å²) in [4.78, 5) is 15.9. The molecule has 88 valence electrons. The Balaban J connectivity index is 2.22. The van der Waals surface area contributed by atoms with Crippen LogP contribution in [-0.4, -0.2) is 28.7 Å². The molecule has 0 fully saturated rings. The molecule has 5 heteroatoms. The molecule has 1 aromatic rings. The second-order valence-electron chi connectivity index (χ2n) is 4.03. The summed E-state index contributed by atoms with van der Waals surface area (Å²) in [5.74, 6) is 1.11. The number of esters is 1. The molecule has 2 heterocycles. The lowest BCUT2D eigenvalue weighted by atomic mass is 10.00. The molecule has 0 radical (unpaired) electrons. The molecular weight excluding hydrogens is 206 g/mol. The van der Waals surface area contributed by atoms with Crippen LogP contribution >= 0.6 is 0 Å². The Morgan fingerprint density at radius 2 is 2.56 bits per heavy atom. The number of hydrogen-bond donors (Lipinski definition) is 1. The van der Waals surface area contributed by atoms with E-state index in [0.29, 0.717) is 24.8 Å².